The maximum atomic E-state index is 12.7. The van der Waals surface area contributed by atoms with Crippen LogP contribution < -0.4 is 10.6 Å². The van der Waals surface area contributed by atoms with Gasteiger partial charge in [-0.15, -0.1) is 0 Å². The van der Waals surface area contributed by atoms with E-state index in [2.05, 4.69) is 31.5 Å². The number of rotatable bonds is 7. The number of fused-ring (bicyclic) bond motifs is 1. The number of amides is 1. The molecule has 2 aromatic carbocycles. The molecule has 0 aromatic heterocycles. The second-order valence-electron chi connectivity index (χ2n) is 8.11. The van der Waals surface area contributed by atoms with Crippen molar-refractivity contribution in [3.63, 3.8) is 0 Å². The lowest BCUT2D eigenvalue weighted by Crippen LogP contribution is -2.37. The number of piperidine rings is 1. The van der Waals surface area contributed by atoms with Gasteiger partial charge < -0.3 is 15.0 Å². The zero-order chi connectivity index (χ0) is 21.6. The molecule has 1 fully saturated rings. The number of hydrogen-bond donors (Lipinski definition) is 2. The molecule has 2 aromatic rings. The topological polar surface area (TPSA) is 70.7 Å². The molecule has 2 aliphatic rings. The van der Waals surface area contributed by atoms with Crippen LogP contribution in [0.5, 0.6) is 0 Å². The summed E-state index contributed by atoms with van der Waals surface area (Å²) in [6.45, 7) is 3.97. The smallest absolute Gasteiger partial charge is 0.411 e. The Labute approximate surface area is 191 Å². The van der Waals surface area contributed by atoms with E-state index in [1.807, 2.05) is 42.5 Å². The highest BCUT2D eigenvalue weighted by molar-refractivity contribution is 9.10. The van der Waals surface area contributed by atoms with E-state index in [0.29, 0.717) is 6.61 Å². The van der Waals surface area contributed by atoms with Crippen molar-refractivity contribution < 1.29 is 14.3 Å². The standard InChI is InChI=1S/C24H28BrN3O3/c25-19-7-5-17(6-8-19)23(29)18-10-14-28(15-11-18)13-2-16-31-24(30)27-22-4-1-3-21-20(22)9-12-26-21/h1,3-8,18,26H,2,9-16H2,(H,27,30). The number of nitrogens with one attached hydrogen (secondary N) is 2. The first-order valence-corrected chi connectivity index (χ1v) is 11.7. The van der Waals surface area contributed by atoms with Gasteiger partial charge in [0.25, 0.3) is 0 Å². The Bertz CT molecular complexity index is 924. The Morgan fingerprint density at radius 2 is 1.90 bits per heavy atom. The highest BCUT2D eigenvalue weighted by Gasteiger charge is 2.25. The van der Waals surface area contributed by atoms with Crippen molar-refractivity contribution >= 4 is 39.2 Å². The summed E-state index contributed by atoms with van der Waals surface area (Å²) in [4.78, 5) is 27.2. The lowest BCUT2D eigenvalue weighted by atomic mass is 9.89. The van der Waals surface area contributed by atoms with E-state index < -0.39 is 6.09 Å². The van der Waals surface area contributed by atoms with Crippen LogP contribution in [0.1, 0.15) is 35.2 Å². The van der Waals surface area contributed by atoms with Crippen molar-refractivity contribution in [1.82, 2.24) is 4.90 Å². The molecule has 4 rings (SSSR count). The summed E-state index contributed by atoms with van der Waals surface area (Å²) >= 11 is 3.41. The van der Waals surface area contributed by atoms with Gasteiger partial charge >= 0.3 is 6.09 Å². The van der Waals surface area contributed by atoms with Crippen LogP contribution in [0.3, 0.4) is 0 Å². The molecule has 2 heterocycles. The lowest BCUT2D eigenvalue weighted by molar-refractivity contribution is 0.0830. The first kappa shape index (κ1) is 21.8. The van der Waals surface area contributed by atoms with Crippen LogP contribution in [0.4, 0.5) is 16.2 Å². The number of likely N-dealkylation sites (tertiary alicyclic amines) is 1. The second-order valence-corrected chi connectivity index (χ2v) is 9.03. The summed E-state index contributed by atoms with van der Waals surface area (Å²) in [6.07, 6.45) is 3.05. The first-order valence-electron chi connectivity index (χ1n) is 10.9. The number of benzene rings is 2. The second kappa shape index (κ2) is 10.3. The van der Waals surface area contributed by atoms with Crippen LogP contribution in [0, 0.1) is 5.92 Å². The molecule has 0 radical (unpaired) electrons. The molecule has 164 valence electrons. The number of hydrogen-bond acceptors (Lipinski definition) is 5. The van der Waals surface area contributed by atoms with E-state index in [4.69, 9.17) is 4.74 Å². The number of Topliss-reactive ketones (excluding diaryl/α,β-unsaturated/α-hetero) is 1. The zero-order valence-electron chi connectivity index (χ0n) is 17.5. The van der Waals surface area contributed by atoms with Gasteiger partial charge in [-0.3, -0.25) is 10.1 Å². The lowest BCUT2D eigenvalue weighted by Gasteiger charge is -2.31. The van der Waals surface area contributed by atoms with Crippen molar-refractivity contribution in [2.24, 2.45) is 5.92 Å². The molecular weight excluding hydrogens is 458 g/mol. The molecule has 0 saturated carbocycles. The summed E-state index contributed by atoms with van der Waals surface area (Å²) in [6, 6.07) is 13.5. The molecule has 1 saturated heterocycles. The van der Waals surface area contributed by atoms with Crippen LogP contribution >= 0.6 is 15.9 Å². The average Bonchev–Trinajstić information content (AvgIpc) is 3.27. The van der Waals surface area contributed by atoms with Gasteiger partial charge in [-0.05, 0) is 63.0 Å². The quantitative estimate of drug-likeness (QED) is 0.428. The normalized spacial score (nSPS) is 16.4. The molecule has 0 bridgehead atoms. The Morgan fingerprint density at radius 3 is 2.68 bits per heavy atom. The van der Waals surface area contributed by atoms with Gasteiger partial charge in [0.05, 0.1) is 6.61 Å². The summed E-state index contributed by atoms with van der Waals surface area (Å²) < 4.78 is 6.35. The van der Waals surface area contributed by atoms with Crippen LogP contribution in [-0.4, -0.2) is 49.6 Å². The van der Waals surface area contributed by atoms with Crippen LogP contribution in [0.15, 0.2) is 46.9 Å². The van der Waals surface area contributed by atoms with Crippen molar-refractivity contribution in [2.75, 3.05) is 43.4 Å². The van der Waals surface area contributed by atoms with Crippen molar-refractivity contribution in [2.45, 2.75) is 25.7 Å². The van der Waals surface area contributed by atoms with E-state index in [-0.39, 0.29) is 11.7 Å². The summed E-state index contributed by atoms with van der Waals surface area (Å²) in [5.41, 5.74) is 3.84. The van der Waals surface area contributed by atoms with Gasteiger partial charge in [0.15, 0.2) is 5.78 Å². The van der Waals surface area contributed by atoms with Gasteiger partial charge in [-0.1, -0.05) is 34.1 Å². The highest BCUT2D eigenvalue weighted by atomic mass is 79.9. The maximum Gasteiger partial charge on any atom is 0.411 e. The molecule has 6 nitrogen and oxygen atoms in total. The summed E-state index contributed by atoms with van der Waals surface area (Å²) in [5, 5.41) is 6.17. The minimum atomic E-state index is -0.404. The third kappa shape index (κ3) is 5.66. The van der Waals surface area contributed by atoms with Gasteiger partial charge in [0.2, 0.25) is 0 Å². The Balaban J connectivity index is 1.14. The monoisotopic (exact) mass is 485 g/mol. The minimum absolute atomic E-state index is 0.0987. The van der Waals surface area contributed by atoms with E-state index in [9.17, 15) is 9.59 Å². The molecule has 2 aliphatic heterocycles. The number of anilines is 2. The van der Waals surface area contributed by atoms with Crippen LogP contribution in [0.25, 0.3) is 0 Å². The van der Waals surface area contributed by atoms with Crippen LogP contribution in [0.2, 0.25) is 0 Å². The van der Waals surface area contributed by atoms with Crippen molar-refractivity contribution in [3.8, 4) is 0 Å². The van der Waals surface area contributed by atoms with Crippen LogP contribution in [-0.2, 0) is 11.2 Å². The molecular formula is C24H28BrN3O3. The Morgan fingerprint density at radius 1 is 1.13 bits per heavy atom. The molecule has 1 amide bonds. The number of ether oxygens (including phenoxy) is 1. The molecule has 7 heteroatoms. The number of ketones is 1. The number of nitrogens with zero attached hydrogens (tertiary/aromatic N) is 1. The van der Waals surface area contributed by atoms with E-state index in [1.165, 1.54) is 0 Å². The highest BCUT2D eigenvalue weighted by Crippen LogP contribution is 2.29. The molecule has 2 N–H and O–H groups in total. The predicted octanol–water partition coefficient (Wildman–Crippen LogP) is 4.95. The van der Waals surface area contributed by atoms with Gasteiger partial charge in [0, 0.05) is 46.0 Å². The molecule has 0 spiro atoms. The Hall–Kier alpha value is -2.38. The maximum absolute atomic E-state index is 12.7. The van der Waals surface area contributed by atoms with Crippen molar-refractivity contribution in [3.05, 3.63) is 58.1 Å². The third-order valence-electron chi connectivity index (χ3n) is 6.04. The average molecular weight is 486 g/mol. The SMILES string of the molecule is O=C(Nc1cccc2c1CCN2)OCCCN1CCC(C(=O)c2ccc(Br)cc2)CC1. The minimum Gasteiger partial charge on any atom is -0.449 e. The molecule has 0 atom stereocenters. The number of carbonyl (C=O) groups excluding carboxylic acids is 2. The summed E-state index contributed by atoms with van der Waals surface area (Å²) in [7, 11) is 0. The van der Waals surface area contributed by atoms with E-state index >= 15 is 0 Å². The fourth-order valence-electron chi connectivity index (χ4n) is 4.33. The molecule has 0 aliphatic carbocycles. The zero-order valence-corrected chi connectivity index (χ0v) is 19.1. The number of carbonyl (C=O) groups is 2. The van der Waals surface area contributed by atoms with Crippen molar-refractivity contribution in [1.29, 1.82) is 0 Å². The fraction of sp³-hybridized carbons (Fsp3) is 0.417. The van der Waals surface area contributed by atoms with Gasteiger partial charge in [0.1, 0.15) is 0 Å². The first-order chi connectivity index (χ1) is 15.1. The molecule has 0 unspecified atom stereocenters. The number of halogens is 1. The fourth-order valence-corrected chi connectivity index (χ4v) is 4.59. The van der Waals surface area contributed by atoms with E-state index in [0.717, 1.165) is 78.8 Å². The molecule has 31 heavy (non-hydrogen) atoms. The summed E-state index contributed by atoms with van der Waals surface area (Å²) in [5.74, 6) is 0.344. The van der Waals surface area contributed by atoms with E-state index in [1.54, 1.807) is 0 Å². The predicted molar refractivity (Wildman–Crippen MR) is 126 cm³/mol. The van der Waals surface area contributed by atoms with Gasteiger partial charge in [-0.25, -0.2) is 4.79 Å². The largest absolute Gasteiger partial charge is 0.449 e. The Kier molecular flexibility index (Phi) is 7.25. The third-order valence-corrected chi connectivity index (χ3v) is 6.57. The van der Waals surface area contributed by atoms with Gasteiger partial charge in [-0.2, -0.15) is 0 Å².